The maximum absolute atomic E-state index is 12.5. The van der Waals surface area contributed by atoms with E-state index in [1.54, 1.807) is 0 Å². The molecule has 2 amide bonds. The fourth-order valence-corrected chi connectivity index (χ4v) is 3.54. The number of hydrogen-bond donors (Lipinski definition) is 1. The van der Waals surface area contributed by atoms with Crippen LogP contribution in [0.4, 0.5) is 0 Å². The second kappa shape index (κ2) is 8.25. The lowest BCUT2D eigenvalue weighted by atomic mass is 9.96. The van der Waals surface area contributed by atoms with Crippen LogP contribution in [-0.4, -0.2) is 42.2 Å². The molecule has 2 aliphatic heterocycles. The molecule has 0 radical (unpaired) electrons. The van der Waals surface area contributed by atoms with Crippen molar-refractivity contribution in [2.45, 2.75) is 19.3 Å². The zero-order chi connectivity index (χ0) is 19.3. The smallest absolute Gasteiger partial charge is 0.243 e. The van der Waals surface area contributed by atoms with E-state index in [4.69, 9.17) is 4.74 Å². The Balaban J connectivity index is 1.32. The summed E-state index contributed by atoms with van der Waals surface area (Å²) in [5, 5.41) is 8.89. The molecule has 4 rings (SSSR count). The summed E-state index contributed by atoms with van der Waals surface area (Å²) in [6.45, 7) is 1.11. The number of hydrazone groups is 1. The molecular formula is C22H23N3O3. The van der Waals surface area contributed by atoms with Crippen LogP contribution < -0.4 is 10.1 Å². The van der Waals surface area contributed by atoms with Crippen molar-refractivity contribution in [2.24, 2.45) is 11.0 Å². The molecule has 0 fully saturated rings. The average Bonchev–Trinajstić information content (AvgIpc) is 2.75. The van der Waals surface area contributed by atoms with Crippen molar-refractivity contribution in [3.05, 3.63) is 65.7 Å². The number of benzene rings is 2. The van der Waals surface area contributed by atoms with Crippen molar-refractivity contribution in [1.29, 1.82) is 0 Å². The van der Waals surface area contributed by atoms with Gasteiger partial charge in [0.25, 0.3) is 0 Å². The molecule has 0 saturated carbocycles. The van der Waals surface area contributed by atoms with E-state index in [1.807, 2.05) is 54.6 Å². The third kappa shape index (κ3) is 4.06. The van der Waals surface area contributed by atoms with Crippen LogP contribution in [0.1, 0.15) is 24.0 Å². The molecular weight excluding hydrogens is 354 g/mol. The molecule has 2 aromatic rings. The van der Waals surface area contributed by atoms with Crippen LogP contribution in [0.3, 0.4) is 0 Å². The maximum atomic E-state index is 12.5. The van der Waals surface area contributed by atoms with E-state index in [0.717, 1.165) is 22.6 Å². The molecule has 6 heteroatoms. The predicted octanol–water partition coefficient (Wildman–Crippen LogP) is 2.38. The number of amides is 2. The van der Waals surface area contributed by atoms with Crippen molar-refractivity contribution >= 4 is 17.5 Å². The van der Waals surface area contributed by atoms with Gasteiger partial charge in [-0.25, -0.2) is 5.01 Å². The molecule has 2 heterocycles. The molecule has 28 heavy (non-hydrogen) atoms. The molecule has 0 spiro atoms. The van der Waals surface area contributed by atoms with Crippen molar-refractivity contribution in [3.63, 3.8) is 0 Å². The largest absolute Gasteiger partial charge is 0.492 e. The van der Waals surface area contributed by atoms with Crippen molar-refractivity contribution < 1.29 is 14.3 Å². The maximum Gasteiger partial charge on any atom is 0.243 e. The number of fused-ring (bicyclic) bond motifs is 1. The summed E-state index contributed by atoms with van der Waals surface area (Å²) < 4.78 is 5.69. The molecule has 0 unspecified atom stereocenters. The minimum atomic E-state index is -0.213. The third-order valence-electron chi connectivity index (χ3n) is 5.08. The van der Waals surface area contributed by atoms with E-state index < -0.39 is 0 Å². The van der Waals surface area contributed by atoms with E-state index in [1.165, 1.54) is 5.01 Å². The Morgan fingerprint density at radius 1 is 1.11 bits per heavy atom. The van der Waals surface area contributed by atoms with Crippen molar-refractivity contribution in [3.8, 4) is 5.75 Å². The summed E-state index contributed by atoms with van der Waals surface area (Å²) in [5.41, 5.74) is 2.99. The Hall–Kier alpha value is -3.15. The zero-order valence-corrected chi connectivity index (χ0v) is 15.6. The van der Waals surface area contributed by atoms with Gasteiger partial charge in [-0.2, -0.15) is 5.10 Å². The Labute approximate surface area is 164 Å². The van der Waals surface area contributed by atoms with E-state index >= 15 is 0 Å². The van der Waals surface area contributed by atoms with Crippen LogP contribution in [0.5, 0.6) is 5.75 Å². The van der Waals surface area contributed by atoms with E-state index in [2.05, 4.69) is 10.4 Å². The van der Waals surface area contributed by atoms with Gasteiger partial charge in [-0.15, -0.1) is 0 Å². The van der Waals surface area contributed by atoms with Gasteiger partial charge < -0.3 is 10.1 Å². The third-order valence-corrected chi connectivity index (χ3v) is 5.08. The highest BCUT2D eigenvalue weighted by Crippen LogP contribution is 2.26. The SMILES string of the molecule is O=C(NCCN1N=C(c2ccccc2)CCC1=O)[C@@H]1COc2ccccc2C1. The number of ether oxygens (including phenoxy) is 1. The summed E-state index contributed by atoms with van der Waals surface area (Å²) in [7, 11) is 0. The zero-order valence-electron chi connectivity index (χ0n) is 15.6. The molecule has 6 nitrogen and oxygen atoms in total. The first kappa shape index (κ1) is 18.2. The summed E-state index contributed by atoms with van der Waals surface area (Å²) in [6.07, 6.45) is 1.75. The van der Waals surface area contributed by atoms with Gasteiger partial charge in [0.1, 0.15) is 12.4 Å². The van der Waals surface area contributed by atoms with Crippen LogP contribution in [0.25, 0.3) is 0 Å². The van der Waals surface area contributed by atoms with Crippen molar-refractivity contribution in [2.75, 3.05) is 19.7 Å². The number of nitrogens with one attached hydrogen (secondary N) is 1. The number of carbonyl (C=O) groups is 2. The highest BCUT2D eigenvalue weighted by atomic mass is 16.5. The lowest BCUT2D eigenvalue weighted by Crippen LogP contribution is -2.42. The molecule has 0 saturated heterocycles. The monoisotopic (exact) mass is 377 g/mol. The standard InChI is InChI=1S/C22H23N3O3/c26-21-11-10-19(16-6-2-1-3-7-16)24-25(21)13-12-23-22(27)18-14-17-8-4-5-9-20(17)28-15-18/h1-9,18H,10-15H2,(H,23,27)/t18-/m0/s1. The topological polar surface area (TPSA) is 71.0 Å². The van der Waals surface area contributed by atoms with Gasteiger partial charge >= 0.3 is 0 Å². The minimum absolute atomic E-state index is 0.0103. The lowest BCUT2D eigenvalue weighted by molar-refractivity contribution is -0.132. The molecule has 0 aliphatic carbocycles. The Bertz CT molecular complexity index is 895. The number of para-hydroxylation sites is 1. The first-order valence-corrected chi connectivity index (χ1v) is 9.62. The lowest BCUT2D eigenvalue weighted by Gasteiger charge is -2.26. The summed E-state index contributed by atoms with van der Waals surface area (Å²) >= 11 is 0. The number of hydrogen-bond acceptors (Lipinski definition) is 4. The quantitative estimate of drug-likeness (QED) is 0.870. The van der Waals surface area contributed by atoms with Gasteiger partial charge in [0.15, 0.2) is 0 Å². The molecule has 2 aromatic carbocycles. The molecule has 1 atom stereocenters. The average molecular weight is 377 g/mol. The van der Waals surface area contributed by atoms with Crippen LogP contribution in [-0.2, 0) is 16.0 Å². The second-order valence-corrected chi connectivity index (χ2v) is 7.04. The Morgan fingerprint density at radius 3 is 2.75 bits per heavy atom. The van der Waals surface area contributed by atoms with Gasteiger partial charge in [0.05, 0.1) is 18.2 Å². The first-order valence-electron chi connectivity index (χ1n) is 9.62. The van der Waals surface area contributed by atoms with Crippen LogP contribution in [0, 0.1) is 5.92 Å². The highest BCUT2D eigenvalue weighted by molar-refractivity contribution is 6.04. The van der Waals surface area contributed by atoms with Crippen LogP contribution >= 0.6 is 0 Å². The fraction of sp³-hybridized carbons (Fsp3) is 0.318. The molecule has 0 bridgehead atoms. The van der Waals surface area contributed by atoms with Gasteiger partial charge in [0, 0.05) is 19.4 Å². The van der Waals surface area contributed by atoms with E-state index in [-0.39, 0.29) is 17.7 Å². The number of nitrogens with zero attached hydrogens (tertiary/aromatic N) is 2. The van der Waals surface area contributed by atoms with E-state index in [0.29, 0.717) is 39.0 Å². The van der Waals surface area contributed by atoms with Crippen LogP contribution in [0.15, 0.2) is 59.7 Å². The molecule has 2 aliphatic rings. The normalized spacial score (nSPS) is 18.7. The molecule has 144 valence electrons. The van der Waals surface area contributed by atoms with Gasteiger partial charge in [-0.1, -0.05) is 48.5 Å². The second-order valence-electron chi connectivity index (χ2n) is 7.04. The van der Waals surface area contributed by atoms with Gasteiger partial charge in [-0.05, 0) is 23.6 Å². The van der Waals surface area contributed by atoms with Gasteiger partial charge in [0.2, 0.25) is 11.8 Å². The number of rotatable bonds is 5. The van der Waals surface area contributed by atoms with Crippen molar-refractivity contribution in [1.82, 2.24) is 10.3 Å². The summed E-state index contributed by atoms with van der Waals surface area (Å²) in [6, 6.07) is 17.7. The van der Waals surface area contributed by atoms with E-state index in [9.17, 15) is 9.59 Å². The Kier molecular flexibility index (Phi) is 5.37. The number of carbonyl (C=O) groups excluding carboxylic acids is 2. The van der Waals surface area contributed by atoms with Crippen LogP contribution in [0.2, 0.25) is 0 Å². The highest BCUT2D eigenvalue weighted by Gasteiger charge is 2.26. The van der Waals surface area contributed by atoms with Gasteiger partial charge in [-0.3, -0.25) is 9.59 Å². The molecule has 0 aromatic heterocycles. The predicted molar refractivity (Wildman–Crippen MR) is 106 cm³/mol. The fourth-order valence-electron chi connectivity index (χ4n) is 3.54. The molecule has 1 N–H and O–H groups in total. The minimum Gasteiger partial charge on any atom is -0.492 e. The summed E-state index contributed by atoms with van der Waals surface area (Å²) in [5.74, 6) is 0.582. The summed E-state index contributed by atoms with van der Waals surface area (Å²) in [4.78, 5) is 24.7. The first-order chi connectivity index (χ1) is 13.7. The Morgan fingerprint density at radius 2 is 1.89 bits per heavy atom.